The fourth-order valence-electron chi connectivity index (χ4n) is 0.556. The van der Waals surface area contributed by atoms with Crippen LogP contribution in [0.1, 0.15) is 34.1 Å². The van der Waals surface area contributed by atoms with Crippen LogP contribution in [0.15, 0.2) is 36.5 Å². The average Bonchev–Trinajstić information content (AvgIpc) is 2.05. The average molecular weight is 152 g/mol. The van der Waals surface area contributed by atoms with Gasteiger partial charge in [-0.2, -0.15) is 0 Å². The quantitative estimate of drug-likeness (QED) is 0.421. The van der Waals surface area contributed by atoms with Gasteiger partial charge in [-0.15, -0.1) is 6.58 Å². The molecule has 0 aliphatic carbocycles. The van der Waals surface area contributed by atoms with E-state index < -0.39 is 0 Å². The van der Waals surface area contributed by atoms with Crippen LogP contribution in [-0.2, 0) is 0 Å². The van der Waals surface area contributed by atoms with Gasteiger partial charge in [0.1, 0.15) is 0 Å². The van der Waals surface area contributed by atoms with Crippen molar-refractivity contribution in [3.8, 4) is 0 Å². The van der Waals surface area contributed by atoms with E-state index in [4.69, 9.17) is 0 Å². The monoisotopic (exact) mass is 152 g/mol. The van der Waals surface area contributed by atoms with Crippen LogP contribution in [0.2, 0.25) is 0 Å². The van der Waals surface area contributed by atoms with Crippen molar-refractivity contribution in [1.29, 1.82) is 0 Å². The summed E-state index contributed by atoms with van der Waals surface area (Å²) >= 11 is 0. The third-order valence-electron chi connectivity index (χ3n) is 1.04. The van der Waals surface area contributed by atoms with E-state index >= 15 is 0 Å². The van der Waals surface area contributed by atoms with E-state index in [1.807, 2.05) is 39.0 Å². The van der Waals surface area contributed by atoms with Crippen molar-refractivity contribution in [3.05, 3.63) is 36.5 Å². The smallest absolute Gasteiger partial charge is 0.0141 e. The highest BCUT2D eigenvalue weighted by molar-refractivity contribution is 5.11. The van der Waals surface area contributed by atoms with Crippen molar-refractivity contribution in [2.45, 2.75) is 34.1 Å². The van der Waals surface area contributed by atoms with Gasteiger partial charge in [-0.25, -0.2) is 0 Å². The minimum Gasteiger partial charge on any atom is -0.103 e. The maximum atomic E-state index is 3.64. The van der Waals surface area contributed by atoms with E-state index in [-0.39, 0.29) is 0 Å². The van der Waals surface area contributed by atoms with Crippen molar-refractivity contribution in [3.63, 3.8) is 0 Å². The molecule has 0 spiro atoms. The molecule has 11 heavy (non-hydrogen) atoms. The lowest BCUT2D eigenvalue weighted by Crippen LogP contribution is -1.68. The van der Waals surface area contributed by atoms with Crippen molar-refractivity contribution in [2.75, 3.05) is 0 Å². The zero-order chi connectivity index (χ0) is 9.11. The van der Waals surface area contributed by atoms with Gasteiger partial charge in [-0.1, -0.05) is 43.7 Å². The second-order valence-electron chi connectivity index (χ2n) is 2.03. The molecule has 0 aromatic heterocycles. The number of rotatable bonds is 3. The number of hydrogen-bond donors (Lipinski definition) is 0. The lowest BCUT2D eigenvalue weighted by molar-refractivity contribution is 1.22. The predicted molar refractivity (Wildman–Crippen MR) is 54.7 cm³/mol. The molecule has 0 saturated heterocycles. The molecule has 0 aliphatic heterocycles. The highest BCUT2D eigenvalue weighted by Gasteiger charge is 1.78. The maximum absolute atomic E-state index is 3.64. The summed E-state index contributed by atoms with van der Waals surface area (Å²) in [5.41, 5.74) is 1.35. The molecular formula is C11H20. The second kappa shape index (κ2) is 12.0. The molecule has 0 aromatic rings. The zero-order valence-corrected chi connectivity index (χ0v) is 8.22. The molecule has 0 aliphatic rings. The first-order valence-corrected chi connectivity index (χ1v) is 4.20. The molecular weight excluding hydrogens is 132 g/mol. The van der Waals surface area contributed by atoms with Crippen LogP contribution in [0.5, 0.6) is 0 Å². The summed E-state index contributed by atoms with van der Waals surface area (Å²) in [4.78, 5) is 0. The maximum Gasteiger partial charge on any atom is -0.0141 e. The van der Waals surface area contributed by atoms with Crippen molar-refractivity contribution >= 4 is 0 Å². The Labute approximate surface area is 71.3 Å². The fourth-order valence-corrected chi connectivity index (χ4v) is 0.556. The van der Waals surface area contributed by atoms with Crippen LogP contribution in [0.3, 0.4) is 0 Å². The number of allylic oxidation sites excluding steroid dienone is 5. The van der Waals surface area contributed by atoms with Crippen molar-refractivity contribution < 1.29 is 0 Å². The van der Waals surface area contributed by atoms with Crippen LogP contribution in [0.25, 0.3) is 0 Å². The van der Waals surface area contributed by atoms with Crippen LogP contribution in [0, 0.1) is 0 Å². The zero-order valence-electron chi connectivity index (χ0n) is 8.22. The minimum atomic E-state index is 0.990. The largest absolute Gasteiger partial charge is 0.103 e. The van der Waals surface area contributed by atoms with Crippen molar-refractivity contribution in [2.24, 2.45) is 0 Å². The molecule has 0 unspecified atom stereocenters. The van der Waals surface area contributed by atoms with E-state index in [0.717, 1.165) is 6.42 Å². The molecule has 0 radical (unpaired) electrons. The van der Waals surface area contributed by atoms with Crippen LogP contribution >= 0.6 is 0 Å². The highest BCUT2D eigenvalue weighted by atomic mass is 13.8. The second-order valence-corrected chi connectivity index (χ2v) is 2.03. The molecule has 0 heteroatoms. The van der Waals surface area contributed by atoms with Crippen LogP contribution in [-0.4, -0.2) is 0 Å². The highest BCUT2D eigenvalue weighted by Crippen LogP contribution is 1.98. The molecule has 0 rings (SSSR count). The number of hydrogen-bond acceptors (Lipinski definition) is 0. The van der Waals surface area contributed by atoms with Gasteiger partial charge in [-0.05, 0) is 20.3 Å². The third kappa shape index (κ3) is 12.4. The van der Waals surface area contributed by atoms with Crippen LogP contribution in [0.4, 0.5) is 0 Å². The van der Waals surface area contributed by atoms with Gasteiger partial charge >= 0.3 is 0 Å². The van der Waals surface area contributed by atoms with E-state index in [9.17, 15) is 0 Å². The standard InChI is InChI=1S/C9H14.C2H6/c1-4-6-8-9(3)7-5-2;1-2/h4-6,8H,2,7H2,1,3H3;1-2H3/b6-4-,9-8+;. The van der Waals surface area contributed by atoms with E-state index in [1.54, 1.807) is 0 Å². The van der Waals surface area contributed by atoms with Gasteiger partial charge < -0.3 is 0 Å². The lowest BCUT2D eigenvalue weighted by atomic mass is 10.2. The molecule has 0 saturated carbocycles. The fraction of sp³-hybridized carbons (Fsp3) is 0.455. The molecule has 0 nitrogen and oxygen atoms in total. The van der Waals surface area contributed by atoms with E-state index in [0.29, 0.717) is 0 Å². The van der Waals surface area contributed by atoms with Gasteiger partial charge in [0.25, 0.3) is 0 Å². The van der Waals surface area contributed by atoms with Crippen LogP contribution < -0.4 is 0 Å². The summed E-state index contributed by atoms with van der Waals surface area (Å²) in [5, 5.41) is 0. The first-order chi connectivity index (χ1) is 5.31. The van der Waals surface area contributed by atoms with E-state index in [1.165, 1.54) is 5.57 Å². The summed E-state index contributed by atoms with van der Waals surface area (Å²) in [6, 6.07) is 0. The molecule has 0 amide bonds. The van der Waals surface area contributed by atoms with Crippen molar-refractivity contribution in [1.82, 2.24) is 0 Å². The van der Waals surface area contributed by atoms with Gasteiger partial charge in [0, 0.05) is 0 Å². The first kappa shape index (κ1) is 12.9. The minimum absolute atomic E-state index is 0.990. The SMILES string of the molecule is C=CC/C(C)=C/C=C\C.CC. The molecule has 0 fully saturated rings. The Bertz CT molecular complexity index is 127. The third-order valence-corrected chi connectivity index (χ3v) is 1.04. The summed E-state index contributed by atoms with van der Waals surface area (Å²) in [7, 11) is 0. The topological polar surface area (TPSA) is 0 Å². The molecule has 0 atom stereocenters. The molecule has 0 heterocycles. The molecule has 0 N–H and O–H groups in total. The summed E-state index contributed by atoms with van der Waals surface area (Å²) < 4.78 is 0. The Balaban J connectivity index is 0. The lowest BCUT2D eigenvalue weighted by Gasteiger charge is -1.88. The normalized spacial score (nSPS) is 10.7. The Morgan fingerprint density at radius 2 is 1.91 bits per heavy atom. The van der Waals surface area contributed by atoms with E-state index in [2.05, 4.69) is 19.6 Å². The first-order valence-electron chi connectivity index (χ1n) is 4.20. The Morgan fingerprint density at radius 3 is 2.27 bits per heavy atom. The van der Waals surface area contributed by atoms with Gasteiger partial charge in [0.05, 0.1) is 0 Å². The van der Waals surface area contributed by atoms with Gasteiger partial charge in [-0.3, -0.25) is 0 Å². The predicted octanol–water partition coefficient (Wildman–Crippen LogP) is 4.11. The molecule has 0 bridgehead atoms. The summed E-state index contributed by atoms with van der Waals surface area (Å²) in [6.07, 6.45) is 9.06. The molecule has 0 aromatic carbocycles. The Kier molecular flexibility index (Phi) is 14.0. The van der Waals surface area contributed by atoms with Gasteiger partial charge in [0.15, 0.2) is 0 Å². The Morgan fingerprint density at radius 1 is 1.36 bits per heavy atom. The summed E-state index contributed by atoms with van der Waals surface area (Å²) in [6.45, 7) is 11.8. The summed E-state index contributed by atoms with van der Waals surface area (Å²) in [5.74, 6) is 0. The van der Waals surface area contributed by atoms with Gasteiger partial charge in [0.2, 0.25) is 0 Å². The molecule has 64 valence electrons. The Hall–Kier alpha value is -0.780.